The van der Waals surface area contributed by atoms with Crippen LogP contribution in [0.1, 0.15) is 20.8 Å². The van der Waals surface area contributed by atoms with Crippen molar-refractivity contribution in [2.45, 2.75) is 51.0 Å². The minimum absolute atomic E-state index is 0.295. The minimum atomic E-state index is -1.62. The molecule has 2 saturated heterocycles. The first kappa shape index (κ1) is 15.4. The molecule has 2 fully saturated rings. The SMILES string of the molecule is CC(C)(C)[Si](C)(C)OC[C@@H]1CN2CCOC[C@H]2CN1. The van der Waals surface area contributed by atoms with Crippen molar-refractivity contribution in [2.24, 2.45) is 0 Å². The average molecular weight is 286 g/mol. The second-order valence-electron chi connectivity index (χ2n) is 7.40. The molecule has 0 unspecified atom stereocenters. The van der Waals surface area contributed by atoms with Crippen LogP contribution < -0.4 is 5.32 Å². The number of morpholine rings is 1. The van der Waals surface area contributed by atoms with Gasteiger partial charge in [0.25, 0.3) is 0 Å². The average Bonchev–Trinajstić information content (AvgIpc) is 2.35. The zero-order valence-corrected chi connectivity index (χ0v) is 14.2. The van der Waals surface area contributed by atoms with Gasteiger partial charge in [-0.1, -0.05) is 20.8 Å². The molecule has 112 valence electrons. The summed E-state index contributed by atoms with van der Waals surface area (Å²) in [7, 11) is -1.62. The molecule has 2 heterocycles. The fourth-order valence-corrected chi connectivity index (χ4v) is 3.46. The summed E-state index contributed by atoms with van der Waals surface area (Å²) in [5, 5.41) is 3.91. The van der Waals surface area contributed by atoms with Gasteiger partial charge in [0.2, 0.25) is 0 Å². The Morgan fingerprint density at radius 1 is 1.37 bits per heavy atom. The van der Waals surface area contributed by atoms with Gasteiger partial charge in [-0.05, 0) is 18.1 Å². The van der Waals surface area contributed by atoms with Gasteiger partial charge >= 0.3 is 0 Å². The minimum Gasteiger partial charge on any atom is -0.415 e. The van der Waals surface area contributed by atoms with Crippen LogP contribution in [0.25, 0.3) is 0 Å². The van der Waals surface area contributed by atoms with E-state index in [9.17, 15) is 0 Å². The first-order chi connectivity index (χ1) is 8.79. The van der Waals surface area contributed by atoms with E-state index in [1.54, 1.807) is 0 Å². The maximum absolute atomic E-state index is 6.33. The van der Waals surface area contributed by atoms with Crippen molar-refractivity contribution in [2.75, 3.05) is 39.5 Å². The van der Waals surface area contributed by atoms with E-state index in [0.717, 1.165) is 39.5 Å². The second kappa shape index (κ2) is 5.82. The van der Waals surface area contributed by atoms with Crippen molar-refractivity contribution in [1.29, 1.82) is 0 Å². The molecule has 4 nitrogen and oxygen atoms in total. The summed E-state index contributed by atoms with van der Waals surface area (Å²) in [5.74, 6) is 0. The van der Waals surface area contributed by atoms with Gasteiger partial charge in [0.05, 0.1) is 19.8 Å². The maximum atomic E-state index is 6.33. The number of fused-ring (bicyclic) bond motifs is 1. The van der Waals surface area contributed by atoms with Crippen molar-refractivity contribution in [3.05, 3.63) is 0 Å². The van der Waals surface area contributed by atoms with Crippen molar-refractivity contribution < 1.29 is 9.16 Å². The van der Waals surface area contributed by atoms with Crippen LogP contribution in [0.15, 0.2) is 0 Å². The number of nitrogens with zero attached hydrogens (tertiary/aromatic N) is 1. The molecular weight excluding hydrogens is 256 g/mol. The highest BCUT2D eigenvalue weighted by Crippen LogP contribution is 2.36. The van der Waals surface area contributed by atoms with Crippen LogP contribution in [0.2, 0.25) is 18.1 Å². The Hall–Kier alpha value is 0.0569. The summed E-state index contributed by atoms with van der Waals surface area (Å²) in [4.78, 5) is 2.56. The van der Waals surface area contributed by atoms with Gasteiger partial charge < -0.3 is 14.5 Å². The maximum Gasteiger partial charge on any atom is 0.192 e. The molecule has 2 aliphatic rings. The number of piperazine rings is 1. The highest BCUT2D eigenvalue weighted by Gasteiger charge is 2.38. The molecular formula is C14H30N2O2Si. The predicted molar refractivity (Wildman–Crippen MR) is 81.1 cm³/mol. The molecule has 0 aliphatic carbocycles. The first-order valence-electron chi connectivity index (χ1n) is 7.49. The highest BCUT2D eigenvalue weighted by molar-refractivity contribution is 6.74. The first-order valence-corrected chi connectivity index (χ1v) is 10.4. The van der Waals surface area contributed by atoms with Gasteiger partial charge in [-0.15, -0.1) is 0 Å². The standard InChI is InChI=1S/C14H30N2O2Si/c1-14(2,3)19(4,5)18-10-12-9-16-6-7-17-11-13(16)8-15-12/h12-13,15H,6-11H2,1-5H3/t12-,13+/m0/s1. The van der Waals surface area contributed by atoms with Gasteiger partial charge in [-0.3, -0.25) is 4.90 Å². The monoisotopic (exact) mass is 286 g/mol. The molecule has 0 bridgehead atoms. The van der Waals surface area contributed by atoms with Crippen LogP contribution in [0.3, 0.4) is 0 Å². The topological polar surface area (TPSA) is 33.7 Å². The van der Waals surface area contributed by atoms with Gasteiger partial charge in [0.1, 0.15) is 0 Å². The summed E-state index contributed by atoms with van der Waals surface area (Å²) >= 11 is 0. The molecule has 0 radical (unpaired) electrons. The van der Waals surface area contributed by atoms with E-state index < -0.39 is 8.32 Å². The number of hydrogen-bond donors (Lipinski definition) is 1. The molecule has 5 heteroatoms. The zero-order chi connectivity index (χ0) is 14.1. The lowest BCUT2D eigenvalue weighted by Crippen LogP contribution is -2.62. The van der Waals surface area contributed by atoms with E-state index in [1.165, 1.54) is 0 Å². The lowest BCUT2D eigenvalue weighted by molar-refractivity contribution is -0.0301. The summed E-state index contributed by atoms with van der Waals surface area (Å²) in [6.07, 6.45) is 0. The third kappa shape index (κ3) is 3.79. The van der Waals surface area contributed by atoms with E-state index in [2.05, 4.69) is 44.1 Å². The zero-order valence-electron chi connectivity index (χ0n) is 13.2. The lowest BCUT2D eigenvalue weighted by Gasteiger charge is -2.44. The molecule has 2 rings (SSSR count). The Morgan fingerprint density at radius 2 is 2.11 bits per heavy atom. The Kier molecular flexibility index (Phi) is 4.73. The highest BCUT2D eigenvalue weighted by atomic mass is 28.4. The van der Waals surface area contributed by atoms with E-state index in [1.807, 2.05) is 0 Å². The van der Waals surface area contributed by atoms with Crippen LogP contribution >= 0.6 is 0 Å². The predicted octanol–water partition coefficient (Wildman–Crippen LogP) is 1.68. The van der Waals surface area contributed by atoms with Gasteiger partial charge in [0, 0.05) is 31.7 Å². The third-order valence-electron chi connectivity index (χ3n) is 4.90. The number of hydrogen-bond acceptors (Lipinski definition) is 4. The third-order valence-corrected chi connectivity index (χ3v) is 9.40. The van der Waals surface area contributed by atoms with E-state index in [-0.39, 0.29) is 0 Å². The number of rotatable bonds is 3. The van der Waals surface area contributed by atoms with Crippen molar-refractivity contribution in [3.63, 3.8) is 0 Å². The molecule has 2 aliphatic heterocycles. The van der Waals surface area contributed by atoms with Gasteiger partial charge in [-0.25, -0.2) is 0 Å². The number of nitrogens with one attached hydrogen (secondary N) is 1. The molecule has 0 aromatic carbocycles. The molecule has 0 aromatic rings. The Morgan fingerprint density at radius 3 is 2.79 bits per heavy atom. The molecule has 0 aromatic heterocycles. The Bertz CT molecular complexity index is 304. The molecule has 2 atom stereocenters. The normalized spacial score (nSPS) is 30.2. The van der Waals surface area contributed by atoms with Crippen molar-refractivity contribution in [3.8, 4) is 0 Å². The van der Waals surface area contributed by atoms with Crippen LogP contribution in [0.4, 0.5) is 0 Å². The van der Waals surface area contributed by atoms with Crippen LogP contribution in [0, 0.1) is 0 Å². The lowest BCUT2D eigenvalue weighted by atomic mass is 10.1. The van der Waals surface area contributed by atoms with Gasteiger partial charge in [0.15, 0.2) is 8.32 Å². The van der Waals surface area contributed by atoms with Crippen LogP contribution in [-0.2, 0) is 9.16 Å². The second-order valence-corrected chi connectivity index (χ2v) is 12.2. The fraction of sp³-hybridized carbons (Fsp3) is 1.00. The van der Waals surface area contributed by atoms with Crippen molar-refractivity contribution >= 4 is 8.32 Å². The van der Waals surface area contributed by atoms with Crippen LogP contribution in [-0.4, -0.2) is 64.8 Å². The molecule has 0 saturated carbocycles. The molecule has 0 spiro atoms. The fourth-order valence-electron chi connectivity index (χ4n) is 2.40. The van der Waals surface area contributed by atoms with Crippen molar-refractivity contribution in [1.82, 2.24) is 10.2 Å². The van der Waals surface area contributed by atoms with Crippen LogP contribution in [0.5, 0.6) is 0 Å². The quantitative estimate of drug-likeness (QED) is 0.801. The molecule has 1 N–H and O–H groups in total. The summed E-state index contributed by atoms with van der Waals surface area (Å²) in [6, 6.07) is 1.04. The molecule has 19 heavy (non-hydrogen) atoms. The van der Waals surface area contributed by atoms with E-state index in [4.69, 9.17) is 9.16 Å². The summed E-state index contributed by atoms with van der Waals surface area (Å²) in [6.45, 7) is 17.4. The smallest absolute Gasteiger partial charge is 0.192 e. The van der Waals surface area contributed by atoms with E-state index >= 15 is 0 Å². The summed E-state index contributed by atoms with van der Waals surface area (Å²) in [5.41, 5.74) is 0. The summed E-state index contributed by atoms with van der Waals surface area (Å²) < 4.78 is 11.9. The Balaban J connectivity index is 1.81. The van der Waals surface area contributed by atoms with Gasteiger partial charge in [-0.2, -0.15) is 0 Å². The number of ether oxygens (including phenoxy) is 1. The Labute approximate surface area is 119 Å². The largest absolute Gasteiger partial charge is 0.415 e. The molecule has 0 amide bonds. The van der Waals surface area contributed by atoms with E-state index in [0.29, 0.717) is 17.1 Å².